The predicted octanol–water partition coefficient (Wildman–Crippen LogP) is 0.323. The molecule has 0 radical (unpaired) electrons. The molecule has 0 heterocycles. The summed E-state index contributed by atoms with van der Waals surface area (Å²) in [4.78, 5) is 16.9. The first-order valence-corrected chi connectivity index (χ1v) is 4.81. The molecular weight excluding hydrogens is 335 g/mol. The summed E-state index contributed by atoms with van der Waals surface area (Å²) < 4.78 is 14.7. The van der Waals surface area contributed by atoms with Crippen molar-refractivity contribution in [2.45, 2.75) is 0 Å². The van der Waals surface area contributed by atoms with Gasteiger partial charge in [-0.2, -0.15) is 0 Å². The van der Waals surface area contributed by atoms with Crippen LogP contribution in [0.3, 0.4) is 0 Å². The van der Waals surface area contributed by atoms with Crippen molar-refractivity contribution in [1.29, 1.82) is 0 Å². The zero-order valence-corrected chi connectivity index (χ0v) is 11.1. The van der Waals surface area contributed by atoms with Crippen LogP contribution in [0, 0.1) is 41.7 Å². The second-order valence-electron chi connectivity index (χ2n) is 2.42. The Morgan fingerprint density at radius 3 is 1.93 bits per heavy atom. The average Bonchev–Trinajstić information content (AvgIpc) is 1.78. The first-order chi connectivity index (χ1) is 5.87. The van der Waals surface area contributed by atoms with Crippen LogP contribution in [0.25, 0.3) is 0 Å². The number of benzene rings is 1. The molecule has 0 fully saturated rings. The molecule has 8 heteroatoms. The molecule has 0 aliphatic carbocycles. The second kappa shape index (κ2) is 5.29. The molecule has 76 valence electrons. The molecule has 0 aromatic heterocycles. The fraction of sp³-hybridized carbons (Fsp3) is 0. The minimum Gasteiger partial charge on any atom is -0.404 e. The molecule has 1 rings (SSSR count). The van der Waals surface area contributed by atoms with E-state index in [1.807, 2.05) is 0 Å². The maximum atomic E-state index is 10.4. The summed E-state index contributed by atoms with van der Waals surface area (Å²) in [5, 5.41) is 0. The molecule has 0 amide bonds. The van der Waals surface area contributed by atoms with Crippen LogP contribution in [-0.2, 0) is 4.57 Å². The number of rotatable bonds is 2. The van der Waals surface area contributed by atoms with E-state index in [0.717, 1.165) is 0 Å². The smallest absolute Gasteiger partial charge is 0.404 e. The maximum Gasteiger partial charge on any atom is 0.524 e. The molecule has 1 aromatic carbocycles. The van der Waals surface area contributed by atoms with E-state index in [4.69, 9.17) is 21.3 Å². The standard InChI is InChI=1S/C6H9N2O4P.Ce/c7-4-1-5(8)3-6(2-4)12-13(9,10)11;/h1-3H,7-8H2,(H2,9,10,11);. The molecule has 0 saturated carbocycles. The Bertz CT molecular complexity index is 347. The first kappa shape index (κ1) is 14.1. The second-order valence-corrected chi connectivity index (χ2v) is 3.58. The van der Waals surface area contributed by atoms with Crippen molar-refractivity contribution < 1.29 is 60.6 Å². The summed E-state index contributed by atoms with van der Waals surface area (Å²) in [6.45, 7) is 0. The third-order valence-corrected chi connectivity index (χ3v) is 1.62. The van der Waals surface area contributed by atoms with E-state index in [0.29, 0.717) is 0 Å². The van der Waals surface area contributed by atoms with E-state index in [2.05, 4.69) is 4.52 Å². The molecule has 0 atom stereocenters. The summed E-state index contributed by atoms with van der Waals surface area (Å²) in [5.74, 6) is -0.0502. The van der Waals surface area contributed by atoms with Crippen LogP contribution in [0.4, 0.5) is 11.4 Å². The van der Waals surface area contributed by atoms with Crippen LogP contribution in [0.15, 0.2) is 18.2 Å². The van der Waals surface area contributed by atoms with Crippen molar-refractivity contribution in [3.8, 4) is 5.75 Å². The van der Waals surface area contributed by atoms with Gasteiger partial charge in [0.25, 0.3) is 0 Å². The molecule has 0 aliphatic heterocycles. The molecule has 0 unspecified atom stereocenters. The van der Waals surface area contributed by atoms with Gasteiger partial charge < -0.3 is 16.0 Å². The van der Waals surface area contributed by atoms with Gasteiger partial charge in [0, 0.05) is 65.3 Å². The zero-order chi connectivity index (χ0) is 10.1. The third-order valence-electron chi connectivity index (χ3n) is 1.18. The van der Waals surface area contributed by atoms with Gasteiger partial charge in [-0.3, -0.25) is 9.79 Å². The SMILES string of the molecule is Nc1cc(N)cc(OP(=O)(O)O)c1.[Ce]. The van der Waals surface area contributed by atoms with Gasteiger partial charge in [-0.25, -0.2) is 4.57 Å². The van der Waals surface area contributed by atoms with Crippen molar-refractivity contribution in [1.82, 2.24) is 0 Å². The number of phosphoric ester groups is 1. The molecule has 6 N–H and O–H groups in total. The monoisotopic (exact) mass is 344 g/mol. The van der Waals surface area contributed by atoms with E-state index in [9.17, 15) is 4.57 Å². The number of hydrogen-bond acceptors (Lipinski definition) is 4. The fourth-order valence-corrected chi connectivity index (χ4v) is 1.22. The Kier molecular flexibility index (Phi) is 5.35. The quantitative estimate of drug-likeness (QED) is 0.453. The largest absolute Gasteiger partial charge is 0.524 e. The van der Waals surface area contributed by atoms with E-state index >= 15 is 0 Å². The van der Waals surface area contributed by atoms with Gasteiger partial charge in [-0.05, 0) is 6.07 Å². The topological polar surface area (TPSA) is 119 Å². The minimum atomic E-state index is -4.54. The molecule has 0 saturated heterocycles. The third kappa shape index (κ3) is 5.13. The number of nitrogen functional groups attached to an aromatic ring is 2. The van der Waals surface area contributed by atoms with E-state index in [-0.39, 0.29) is 58.9 Å². The van der Waals surface area contributed by atoms with Gasteiger partial charge in [0.15, 0.2) is 0 Å². The summed E-state index contributed by atoms with van der Waals surface area (Å²) in [6.07, 6.45) is 0. The fourth-order valence-electron chi connectivity index (χ4n) is 0.836. The Morgan fingerprint density at radius 1 is 1.14 bits per heavy atom. The summed E-state index contributed by atoms with van der Waals surface area (Å²) in [6, 6.07) is 4.00. The van der Waals surface area contributed by atoms with Crippen molar-refractivity contribution in [3.05, 3.63) is 18.2 Å². The average molecular weight is 344 g/mol. The predicted molar refractivity (Wildman–Crippen MR) is 47.9 cm³/mol. The van der Waals surface area contributed by atoms with Crippen molar-refractivity contribution in [3.63, 3.8) is 0 Å². The summed E-state index contributed by atoms with van der Waals surface area (Å²) in [5.41, 5.74) is 11.3. The van der Waals surface area contributed by atoms with E-state index < -0.39 is 7.82 Å². The van der Waals surface area contributed by atoms with Gasteiger partial charge in [0.2, 0.25) is 0 Å². The Morgan fingerprint density at radius 2 is 1.57 bits per heavy atom. The van der Waals surface area contributed by atoms with Gasteiger partial charge in [0.05, 0.1) is 0 Å². The van der Waals surface area contributed by atoms with Gasteiger partial charge in [-0.1, -0.05) is 0 Å². The summed E-state index contributed by atoms with van der Waals surface area (Å²) in [7, 11) is -4.54. The summed E-state index contributed by atoms with van der Waals surface area (Å²) >= 11 is 0. The van der Waals surface area contributed by atoms with Gasteiger partial charge in [0.1, 0.15) is 5.75 Å². The van der Waals surface area contributed by atoms with Crippen LogP contribution in [-0.4, -0.2) is 9.79 Å². The Labute approximate surface area is 114 Å². The Hall–Kier alpha value is 0.147. The maximum absolute atomic E-state index is 10.4. The van der Waals surface area contributed by atoms with Crippen LogP contribution in [0.5, 0.6) is 5.75 Å². The molecule has 1 aromatic rings. The van der Waals surface area contributed by atoms with Gasteiger partial charge in [-0.15, -0.1) is 0 Å². The number of phosphoric acid groups is 1. The van der Waals surface area contributed by atoms with Crippen molar-refractivity contribution >= 4 is 19.2 Å². The molecule has 0 bridgehead atoms. The molecule has 6 nitrogen and oxygen atoms in total. The number of nitrogens with two attached hydrogens (primary N) is 2. The molecule has 0 aliphatic rings. The van der Waals surface area contributed by atoms with Crippen LogP contribution < -0.4 is 16.0 Å². The molecule has 14 heavy (non-hydrogen) atoms. The first-order valence-electron chi connectivity index (χ1n) is 3.28. The number of hydrogen-bond donors (Lipinski definition) is 4. The minimum absolute atomic E-state index is 0. The van der Waals surface area contributed by atoms with Crippen molar-refractivity contribution in [2.24, 2.45) is 0 Å². The molecular formula is C6H9CeN2O4P. The van der Waals surface area contributed by atoms with E-state index in [1.165, 1.54) is 18.2 Å². The van der Waals surface area contributed by atoms with Gasteiger partial charge >= 0.3 is 7.82 Å². The zero-order valence-electron chi connectivity index (χ0n) is 7.04. The molecule has 0 spiro atoms. The Balaban J connectivity index is 0.00000169. The van der Waals surface area contributed by atoms with Crippen LogP contribution in [0.1, 0.15) is 0 Å². The number of anilines is 2. The van der Waals surface area contributed by atoms with Crippen LogP contribution in [0.2, 0.25) is 0 Å². The normalized spacial score (nSPS) is 10.4. The van der Waals surface area contributed by atoms with E-state index in [1.54, 1.807) is 0 Å². The van der Waals surface area contributed by atoms with Crippen molar-refractivity contribution in [2.75, 3.05) is 11.5 Å². The van der Waals surface area contributed by atoms with Crippen LogP contribution >= 0.6 is 7.82 Å².